The molecule has 1 aliphatic rings. The van der Waals surface area contributed by atoms with Crippen LogP contribution in [0.25, 0.3) is 0 Å². The number of aromatic nitrogens is 1. The summed E-state index contributed by atoms with van der Waals surface area (Å²) in [6.07, 6.45) is 5.63. The highest BCUT2D eigenvalue weighted by Crippen LogP contribution is 2.30. The van der Waals surface area contributed by atoms with Crippen LogP contribution in [0.3, 0.4) is 0 Å². The molecule has 1 aliphatic heterocycles. The summed E-state index contributed by atoms with van der Waals surface area (Å²) in [6.45, 7) is 2.53. The van der Waals surface area contributed by atoms with Gasteiger partial charge in [-0.3, -0.25) is 0 Å². The van der Waals surface area contributed by atoms with Crippen molar-refractivity contribution >= 4 is 5.69 Å². The lowest BCUT2D eigenvalue weighted by molar-refractivity contribution is 0.195. The fourth-order valence-electron chi connectivity index (χ4n) is 2.67. The molecular formula is C16H23N3O2. The lowest BCUT2D eigenvalue weighted by Crippen LogP contribution is -2.33. The molecule has 1 saturated heterocycles. The fourth-order valence-corrected chi connectivity index (χ4v) is 2.67. The molecule has 2 heterocycles. The zero-order valence-corrected chi connectivity index (χ0v) is 12.8. The first-order chi connectivity index (χ1) is 10.3. The normalized spacial score (nSPS) is 15.8. The second-order valence-corrected chi connectivity index (χ2v) is 5.36. The maximum atomic E-state index is 9.00. The van der Waals surface area contributed by atoms with Gasteiger partial charge in [0, 0.05) is 38.9 Å². The van der Waals surface area contributed by atoms with Gasteiger partial charge in [0.15, 0.2) is 0 Å². The van der Waals surface area contributed by atoms with Crippen molar-refractivity contribution in [1.82, 2.24) is 4.98 Å². The van der Waals surface area contributed by atoms with Gasteiger partial charge in [0.05, 0.1) is 13.2 Å². The molecule has 0 aliphatic carbocycles. The molecule has 2 rings (SSSR count). The van der Waals surface area contributed by atoms with Gasteiger partial charge in [0.25, 0.3) is 0 Å². The number of nitriles is 1. The molecule has 1 aromatic rings. The average Bonchev–Trinajstić information content (AvgIpc) is 2.55. The molecule has 0 saturated carbocycles. The van der Waals surface area contributed by atoms with Crippen LogP contribution in [0.4, 0.5) is 5.69 Å². The van der Waals surface area contributed by atoms with Crippen LogP contribution >= 0.6 is 0 Å². The van der Waals surface area contributed by atoms with Crippen LogP contribution < -0.4 is 9.64 Å². The summed E-state index contributed by atoms with van der Waals surface area (Å²) in [7, 11) is 3.37. The molecule has 0 spiro atoms. The van der Waals surface area contributed by atoms with Crippen LogP contribution in [-0.2, 0) is 11.2 Å². The number of pyridine rings is 1. The van der Waals surface area contributed by atoms with E-state index in [9.17, 15) is 0 Å². The van der Waals surface area contributed by atoms with E-state index in [1.807, 2.05) is 6.20 Å². The lowest BCUT2D eigenvalue weighted by Gasteiger charge is -2.31. The molecule has 5 heteroatoms. The molecule has 1 fully saturated rings. The number of methoxy groups -OCH3 is 2. The molecule has 0 atom stereocenters. The third-order valence-electron chi connectivity index (χ3n) is 3.91. The van der Waals surface area contributed by atoms with Crippen molar-refractivity contribution in [3.8, 4) is 11.9 Å². The summed E-state index contributed by atoms with van der Waals surface area (Å²) in [5.41, 5.74) is 2.24. The van der Waals surface area contributed by atoms with Crippen molar-refractivity contribution < 1.29 is 9.47 Å². The summed E-state index contributed by atoms with van der Waals surface area (Å²) in [5.74, 6) is 0.853. The maximum Gasteiger partial charge on any atom is 0.237 e. The Hall–Kier alpha value is -1.80. The molecule has 5 nitrogen and oxygen atoms in total. The Morgan fingerprint density at radius 3 is 2.76 bits per heavy atom. The van der Waals surface area contributed by atoms with Crippen molar-refractivity contribution in [1.29, 1.82) is 5.26 Å². The van der Waals surface area contributed by atoms with E-state index in [2.05, 4.69) is 22.0 Å². The van der Waals surface area contributed by atoms with E-state index >= 15 is 0 Å². The quantitative estimate of drug-likeness (QED) is 0.753. The Balaban J connectivity index is 2.09. The molecule has 0 N–H and O–H groups in total. The van der Waals surface area contributed by atoms with Crippen molar-refractivity contribution in [3.05, 3.63) is 17.8 Å². The van der Waals surface area contributed by atoms with Crippen molar-refractivity contribution in [3.63, 3.8) is 0 Å². The Bertz CT molecular complexity index is 491. The number of ether oxygens (including phenoxy) is 2. The van der Waals surface area contributed by atoms with Crippen LogP contribution in [-0.4, -0.2) is 38.9 Å². The van der Waals surface area contributed by atoms with E-state index < -0.39 is 0 Å². The van der Waals surface area contributed by atoms with E-state index in [-0.39, 0.29) is 5.92 Å². The highest BCUT2D eigenvalue weighted by Gasteiger charge is 2.22. The SMILES string of the molecule is COCCCc1cnc(OC)c(N2CCC(C#N)CC2)c1. The van der Waals surface area contributed by atoms with Crippen LogP contribution in [0.2, 0.25) is 0 Å². The van der Waals surface area contributed by atoms with Gasteiger partial charge in [0.2, 0.25) is 5.88 Å². The Morgan fingerprint density at radius 2 is 2.14 bits per heavy atom. The Labute approximate surface area is 126 Å². The third kappa shape index (κ3) is 4.08. The molecule has 0 aromatic carbocycles. The van der Waals surface area contributed by atoms with Crippen molar-refractivity contribution in [2.24, 2.45) is 5.92 Å². The van der Waals surface area contributed by atoms with Gasteiger partial charge in [-0.05, 0) is 37.3 Å². The standard InChI is InChI=1S/C16H23N3O2/c1-20-9-3-4-14-10-15(16(21-2)18-12-14)19-7-5-13(11-17)6-8-19/h10,12-13H,3-9H2,1-2H3. The number of nitrogens with zero attached hydrogens (tertiary/aromatic N) is 3. The second-order valence-electron chi connectivity index (χ2n) is 5.36. The predicted octanol–water partition coefficient (Wildman–Crippen LogP) is 2.41. The van der Waals surface area contributed by atoms with E-state index in [0.29, 0.717) is 5.88 Å². The number of piperidine rings is 1. The molecule has 21 heavy (non-hydrogen) atoms. The van der Waals surface area contributed by atoms with Crippen LogP contribution in [0.5, 0.6) is 5.88 Å². The molecule has 114 valence electrons. The summed E-state index contributed by atoms with van der Waals surface area (Å²) < 4.78 is 10.5. The molecule has 0 unspecified atom stereocenters. The van der Waals surface area contributed by atoms with Gasteiger partial charge in [-0.2, -0.15) is 5.26 Å². The molecule has 0 amide bonds. The van der Waals surface area contributed by atoms with E-state index in [4.69, 9.17) is 14.7 Å². The fraction of sp³-hybridized carbons (Fsp3) is 0.625. The minimum Gasteiger partial charge on any atom is -0.480 e. The second kappa shape index (κ2) is 7.84. The molecule has 0 bridgehead atoms. The number of aryl methyl sites for hydroxylation is 1. The van der Waals surface area contributed by atoms with E-state index in [1.165, 1.54) is 5.56 Å². The summed E-state index contributed by atoms with van der Waals surface area (Å²) in [5, 5.41) is 9.00. The van der Waals surface area contributed by atoms with Crippen molar-refractivity contribution in [2.45, 2.75) is 25.7 Å². The van der Waals surface area contributed by atoms with Gasteiger partial charge < -0.3 is 14.4 Å². The van der Waals surface area contributed by atoms with Crippen LogP contribution in [0, 0.1) is 17.2 Å². The zero-order valence-electron chi connectivity index (χ0n) is 12.8. The zero-order chi connectivity index (χ0) is 15.1. The first-order valence-corrected chi connectivity index (χ1v) is 7.45. The summed E-state index contributed by atoms with van der Waals surface area (Å²) in [4.78, 5) is 6.70. The lowest BCUT2D eigenvalue weighted by atomic mass is 9.98. The number of hydrogen-bond acceptors (Lipinski definition) is 5. The largest absolute Gasteiger partial charge is 0.480 e. The number of rotatable bonds is 6. The first-order valence-electron chi connectivity index (χ1n) is 7.45. The average molecular weight is 289 g/mol. The van der Waals surface area contributed by atoms with E-state index in [1.54, 1.807) is 14.2 Å². The Kier molecular flexibility index (Phi) is 5.82. The van der Waals surface area contributed by atoms with Gasteiger partial charge in [0.1, 0.15) is 5.69 Å². The first kappa shape index (κ1) is 15.6. The van der Waals surface area contributed by atoms with Gasteiger partial charge >= 0.3 is 0 Å². The summed E-state index contributed by atoms with van der Waals surface area (Å²) in [6, 6.07) is 4.52. The Morgan fingerprint density at radius 1 is 1.38 bits per heavy atom. The van der Waals surface area contributed by atoms with Gasteiger partial charge in [-0.25, -0.2) is 4.98 Å². The maximum absolute atomic E-state index is 9.00. The van der Waals surface area contributed by atoms with Crippen molar-refractivity contribution in [2.75, 3.05) is 38.8 Å². The highest BCUT2D eigenvalue weighted by molar-refractivity contribution is 5.56. The third-order valence-corrected chi connectivity index (χ3v) is 3.91. The van der Waals surface area contributed by atoms with Gasteiger partial charge in [-0.1, -0.05) is 0 Å². The molecule has 0 radical (unpaired) electrons. The summed E-state index contributed by atoms with van der Waals surface area (Å²) >= 11 is 0. The number of anilines is 1. The predicted molar refractivity (Wildman–Crippen MR) is 81.5 cm³/mol. The highest BCUT2D eigenvalue weighted by atomic mass is 16.5. The smallest absolute Gasteiger partial charge is 0.237 e. The van der Waals surface area contributed by atoms with Crippen LogP contribution in [0.15, 0.2) is 12.3 Å². The molecular weight excluding hydrogens is 266 g/mol. The topological polar surface area (TPSA) is 58.4 Å². The minimum absolute atomic E-state index is 0.185. The molecule has 1 aromatic heterocycles. The van der Waals surface area contributed by atoms with Gasteiger partial charge in [-0.15, -0.1) is 0 Å². The number of hydrogen-bond donors (Lipinski definition) is 0. The van der Waals surface area contributed by atoms with Crippen LogP contribution in [0.1, 0.15) is 24.8 Å². The monoisotopic (exact) mass is 289 g/mol. The minimum atomic E-state index is 0.185. The van der Waals surface area contributed by atoms with E-state index in [0.717, 1.165) is 51.1 Å².